The molecule has 0 aliphatic heterocycles. The molecular formula is C24H32O9. The van der Waals surface area contributed by atoms with Gasteiger partial charge in [0.15, 0.2) is 5.78 Å². The lowest BCUT2D eigenvalue weighted by atomic mass is 9.63. The van der Waals surface area contributed by atoms with Gasteiger partial charge in [0.1, 0.15) is 22.9 Å². The van der Waals surface area contributed by atoms with Crippen LogP contribution in [0.5, 0.6) is 0 Å². The van der Waals surface area contributed by atoms with Crippen molar-refractivity contribution in [3.63, 3.8) is 0 Å². The molecule has 0 heterocycles. The van der Waals surface area contributed by atoms with Crippen LogP contribution in [0.3, 0.4) is 0 Å². The van der Waals surface area contributed by atoms with E-state index in [0.717, 1.165) is 18.9 Å². The minimum Gasteiger partial charge on any atom is -0.481 e. The molecule has 6 atom stereocenters. The quantitative estimate of drug-likeness (QED) is 0.396. The lowest BCUT2D eigenvalue weighted by Crippen LogP contribution is -2.54. The van der Waals surface area contributed by atoms with E-state index >= 15 is 0 Å². The summed E-state index contributed by atoms with van der Waals surface area (Å²) in [5.74, 6) is -6.41. The monoisotopic (exact) mass is 464 g/mol. The van der Waals surface area contributed by atoms with Gasteiger partial charge >= 0.3 is 17.9 Å². The van der Waals surface area contributed by atoms with E-state index in [9.17, 15) is 39.3 Å². The predicted octanol–water partition coefficient (Wildman–Crippen LogP) is 2.29. The van der Waals surface area contributed by atoms with Crippen LogP contribution < -0.4 is 0 Å². The Balaban J connectivity index is 1.81. The Labute approximate surface area is 192 Å². The average Bonchev–Trinajstić information content (AvgIpc) is 2.77. The first-order valence-electron chi connectivity index (χ1n) is 11.6. The van der Waals surface area contributed by atoms with E-state index in [0.29, 0.717) is 25.7 Å². The Kier molecular flexibility index (Phi) is 7.12. The molecule has 0 radical (unpaired) electrons. The fourth-order valence-electron chi connectivity index (χ4n) is 5.99. The number of carboxylic acid groups (broad SMARTS) is 2. The van der Waals surface area contributed by atoms with Crippen LogP contribution in [0.25, 0.3) is 0 Å². The van der Waals surface area contributed by atoms with E-state index in [1.165, 1.54) is 13.8 Å². The maximum Gasteiger partial charge on any atom is 0.333 e. The van der Waals surface area contributed by atoms with Gasteiger partial charge < -0.3 is 20.1 Å². The number of esters is 1. The molecule has 9 nitrogen and oxygen atoms in total. The Morgan fingerprint density at radius 1 is 1.03 bits per heavy atom. The van der Waals surface area contributed by atoms with Crippen LogP contribution in [0.15, 0.2) is 11.6 Å². The first kappa shape index (κ1) is 25.1. The van der Waals surface area contributed by atoms with Crippen molar-refractivity contribution in [3.05, 3.63) is 11.6 Å². The summed E-state index contributed by atoms with van der Waals surface area (Å²) in [4.78, 5) is 62.3. The lowest BCUT2D eigenvalue weighted by molar-refractivity contribution is -0.183. The van der Waals surface area contributed by atoms with Gasteiger partial charge in [-0.2, -0.15) is 0 Å². The fraction of sp³-hybridized carbons (Fsp3) is 0.708. The van der Waals surface area contributed by atoms with Crippen LogP contribution in [-0.4, -0.2) is 56.5 Å². The highest BCUT2D eigenvalue weighted by Crippen LogP contribution is 2.46. The molecule has 0 aromatic rings. The zero-order valence-electron chi connectivity index (χ0n) is 19.0. The van der Waals surface area contributed by atoms with Gasteiger partial charge in [0.25, 0.3) is 0 Å². The zero-order valence-corrected chi connectivity index (χ0v) is 19.0. The largest absolute Gasteiger partial charge is 0.481 e. The van der Waals surface area contributed by atoms with E-state index < -0.39 is 59.1 Å². The van der Waals surface area contributed by atoms with Gasteiger partial charge in [0.2, 0.25) is 0 Å². The number of rotatable bonds is 6. The van der Waals surface area contributed by atoms with Gasteiger partial charge in [-0.25, -0.2) is 4.79 Å². The van der Waals surface area contributed by atoms with Crippen molar-refractivity contribution < 1.29 is 44.0 Å². The van der Waals surface area contributed by atoms with Crippen LogP contribution in [0.1, 0.15) is 71.6 Å². The van der Waals surface area contributed by atoms with Gasteiger partial charge in [0, 0.05) is 23.8 Å². The molecule has 0 aromatic carbocycles. The molecule has 9 heteroatoms. The van der Waals surface area contributed by atoms with E-state index in [4.69, 9.17) is 4.74 Å². The number of ether oxygens (including phenoxy) is 1. The number of carbonyl (C=O) groups excluding carboxylic acids is 3. The summed E-state index contributed by atoms with van der Waals surface area (Å²) in [7, 11) is 0. The Hall–Kier alpha value is -2.55. The second-order valence-corrected chi connectivity index (χ2v) is 9.79. The fourth-order valence-corrected chi connectivity index (χ4v) is 5.99. The second kappa shape index (κ2) is 9.37. The molecule has 0 amide bonds. The summed E-state index contributed by atoms with van der Waals surface area (Å²) in [6.07, 6.45) is 3.44. The molecule has 0 bridgehead atoms. The summed E-state index contributed by atoms with van der Waals surface area (Å²) in [5.41, 5.74) is -4.02. The highest BCUT2D eigenvalue weighted by molar-refractivity contribution is 6.04. The Morgan fingerprint density at radius 2 is 1.64 bits per heavy atom. The lowest BCUT2D eigenvalue weighted by Gasteiger charge is -2.42. The van der Waals surface area contributed by atoms with Crippen LogP contribution >= 0.6 is 0 Å². The normalized spacial score (nSPS) is 36.0. The number of aliphatic carboxylic acids is 2. The molecule has 0 spiro atoms. The maximum absolute atomic E-state index is 13.0. The summed E-state index contributed by atoms with van der Waals surface area (Å²) in [6.45, 7) is 2.68. The minimum atomic E-state index is -2.11. The summed E-state index contributed by atoms with van der Waals surface area (Å²) in [5, 5.41) is 30.5. The van der Waals surface area contributed by atoms with Gasteiger partial charge in [-0.15, -0.1) is 0 Å². The number of hydrogen-bond donors (Lipinski definition) is 3. The second-order valence-electron chi connectivity index (χ2n) is 9.79. The number of carboxylic acids is 2. The van der Waals surface area contributed by atoms with Crippen LogP contribution in [0.2, 0.25) is 0 Å². The number of ketones is 2. The minimum absolute atomic E-state index is 0.0521. The van der Waals surface area contributed by atoms with Crippen molar-refractivity contribution in [2.45, 2.75) is 83.3 Å². The highest BCUT2D eigenvalue weighted by atomic mass is 16.5. The summed E-state index contributed by atoms with van der Waals surface area (Å²) < 4.78 is 5.39. The standard InChI is InChI=1S/C24H32O9/c1-13(11-23(32)12-18(25)15-7-3-4-8-16(15)19(23)26)21(29)33-14(2)24(22(30)31)10-6-5-9-17(24)20(27)28/h11,14-17,32H,3-10,12H2,1-2H3,(H,27,28)(H,30,31)/b13-11+. The SMILES string of the molecule is C/C(=C\C1(O)CC(=O)C2CCCCC2C1=O)C(=O)OC(C)C1(C(=O)O)CCCCC1C(=O)O. The molecule has 3 rings (SSSR count). The highest BCUT2D eigenvalue weighted by Gasteiger charge is 2.56. The molecule has 6 unspecified atom stereocenters. The smallest absolute Gasteiger partial charge is 0.333 e. The van der Waals surface area contributed by atoms with Crippen molar-refractivity contribution in [2.75, 3.05) is 0 Å². The first-order chi connectivity index (χ1) is 15.4. The van der Waals surface area contributed by atoms with Crippen molar-refractivity contribution in [3.8, 4) is 0 Å². The van der Waals surface area contributed by atoms with Crippen LogP contribution in [0, 0.1) is 23.2 Å². The number of carbonyl (C=O) groups is 5. The van der Waals surface area contributed by atoms with Crippen molar-refractivity contribution >= 4 is 29.5 Å². The molecule has 3 fully saturated rings. The molecule has 33 heavy (non-hydrogen) atoms. The molecule has 3 aliphatic carbocycles. The van der Waals surface area contributed by atoms with Gasteiger partial charge in [-0.1, -0.05) is 25.7 Å². The summed E-state index contributed by atoms with van der Waals surface area (Å²) >= 11 is 0. The molecular weight excluding hydrogens is 432 g/mol. The van der Waals surface area contributed by atoms with Crippen molar-refractivity contribution in [1.29, 1.82) is 0 Å². The third kappa shape index (κ3) is 4.47. The topological polar surface area (TPSA) is 155 Å². The van der Waals surface area contributed by atoms with E-state index in [2.05, 4.69) is 0 Å². The summed E-state index contributed by atoms with van der Waals surface area (Å²) in [6, 6.07) is 0. The number of aliphatic hydroxyl groups is 1. The number of Topliss-reactive ketones (excluding diaryl/α,β-unsaturated/α-hetero) is 2. The third-order valence-corrected chi connectivity index (χ3v) is 7.82. The van der Waals surface area contributed by atoms with Crippen LogP contribution in [0.4, 0.5) is 0 Å². The third-order valence-electron chi connectivity index (χ3n) is 7.82. The van der Waals surface area contributed by atoms with Crippen LogP contribution in [-0.2, 0) is 28.7 Å². The molecule has 0 saturated heterocycles. The van der Waals surface area contributed by atoms with Gasteiger partial charge in [-0.05, 0) is 45.6 Å². The maximum atomic E-state index is 13.0. The van der Waals surface area contributed by atoms with E-state index in [1.807, 2.05) is 0 Å². The average molecular weight is 465 g/mol. The zero-order chi connectivity index (χ0) is 24.6. The van der Waals surface area contributed by atoms with Crippen molar-refractivity contribution in [2.24, 2.45) is 23.2 Å². The molecule has 3 N–H and O–H groups in total. The molecule has 0 aromatic heterocycles. The molecule has 3 aliphatic rings. The van der Waals surface area contributed by atoms with Crippen molar-refractivity contribution in [1.82, 2.24) is 0 Å². The van der Waals surface area contributed by atoms with Gasteiger partial charge in [0.05, 0.1) is 5.92 Å². The Morgan fingerprint density at radius 3 is 2.24 bits per heavy atom. The number of fused-ring (bicyclic) bond motifs is 1. The van der Waals surface area contributed by atoms with E-state index in [-0.39, 0.29) is 30.1 Å². The molecule has 3 saturated carbocycles. The number of hydrogen-bond acceptors (Lipinski definition) is 7. The predicted molar refractivity (Wildman–Crippen MR) is 114 cm³/mol. The first-order valence-corrected chi connectivity index (χ1v) is 11.6. The van der Waals surface area contributed by atoms with E-state index in [1.54, 1.807) is 0 Å². The van der Waals surface area contributed by atoms with Gasteiger partial charge in [-0.3, -0.25) is 19.2 Å². The Bertz CT molecular complexity index is 890. The molecule has 182 valence electrons.